The molecule has 8 nitrogen and oxygen atoms in total. The van der Waals surface area contributed by atoms with Gasteiger partial charge in [-0.1, -0.05) is 6.07 Å². The number of methoxy groups -OCH3 is 1. The Kier molecular flexibility index (Phi) is 6.24. The molecule has 0 bridgehead atoms. The molecule has 0 N–H and O–H groups in total. The molecule has 2 aromatic carbocycles. The number of rotatable bonds is 7. The molecule has 0 spiro atoms. The quantitative estimate of drug-likeness (QED) is 0.549. The van der Waals surface area contributed by atoms with Crippen LogP contribution in [0.2, 0.25) is 0 Å². The van der Waals surface area contributed by atoms with Crippen LogP contribution in [0.1, 0.15) is 31.6 Å². The van der Waals surface area contributed by atoms with Gasteiger partial charge in [-0.25, -0.2) is 8.42 Å². The summed E-state index contributed by atoms with van der Waals surface area (Å²) in [5, 5.41) is 8.35. The molecule has 4 rings (SSSR count). The molecule has 0 aliphatic carbocycles. The molecular weight excluding hydrogens is 418 g/mol. The van der Waals surface area contributed by atoms with E-state index in [9.17, 15) is 8.42 Å². The van der Waals surface area contributed by atoms with E-state index in [1.54, 1.807) is 31.4 Å². The van der Waals surface area contributed by atoms with E-state index in [1.807, 2.05) is 31.2 Å². The number of benzene rings is 2. The molecule has 1 atom stereocenters. The van der Waals surface area contributed by atoms with Gasteiger partial charge >= 0.3 is 0 Å². The van der Waals surface area contributed by atoms with Gasteiger partial charge in [0.05, 0.1) is 24.5 Å². The van der Waals surface area contributed by atoms with Gasteiger partial charge in [-0.05, 0) is 62.2 Å². The number of aromatic nitrogens is 2. The molecule has 2 heterocycles. The Morgan fingerprint density at radius 1 is 1.13 bits per heavy atom. The Morgan fingerprint density at radius 2 is 1.94 bits per heavy atom. The maximum Gasteiger partial charge on any atom is 0.247 e. The van der Waals surface area contributed by atoms with Crippen LogP contribution in [0.3, 0.4) is 0 Å². The summed E-state index contributed by atoms with van der Waals surface area (Å²) in [6.07, 6.45) is 1.51. The van der Waals surface area contributed by atoms with Crippen molar-refractivity contribution in [1.82, 2.24) is 14.5 Å². The van der Waals surface area contributed by atoms with Gasteiger partial charge in [-0.15, -0.1) is 10.2 Å². The highest BCUT2D eigenvalue weighted by Crippen LogP contribution is 2.32. The van der Waals surface area contributed by atoms with Crippen LogP contribution in [0, 0.1) is 0 Å². The van der Waals surface area contributed by atoms with Gasteiger partial charge in [0, 0.05) is 18.7 Å². The van der Waals surface area contributed by atoms with Gasteiger partial charge < -0.3 is 13.9 Å². The summed E-state index contributed by atoms with van der Waals surface area (Å²) in [6, 6.07) is 13.9. The smallest absolute Gasteiger partial charge is 0.247 e. The second kappa shape index (κ2) is 9.07. The molecular formula is C22H25N3O5S. The van der Waals surface area contributed by atoms with E-state index in [0.29, 0.717) is 43.0 Å². The van der Waals surface area contributed by atoms with E-state index in [0.717, 1.165) is 18.4 Å². The first-order chi connectivity index (χ1) is 15.0. The Balaban J connectivity index is 1.51. The second-order valence-corrected chi connectivity index (χ2v) is 9.22. The second-order valence-electron chi connectivity index (χ2n) is 7.28. The first-order valence-corrected chi connectivity index (χ1v) is 11.7. The lowest BCUT2D eigenvalue weighted by molar-refractivity contribution is 0.286. The van der Waals surface area contributed by atoms with Crippen molar-refractivity contribution in [3.8, 4) is 23.0 Å². The number of nitrogens with zero attached hydrogens (tertiary/aromatic N) is 3. The molecule has 31 heavy (non-hydrogen) atoms. The van der Waals surface area contributed by atoms with E-state index in [1.165, 1.54) is 4.31 Å². The summed E-state index contributed by atoms with van der Waals surface area (Å²) in [4.78, 5) is 0.249. The molecule has 0 saturated carbocycles. The standard InChI is InChI=1S/C22H25N3O5S/c1-3-29-18-9-11-20(12-10-18)31(26,27)25-13-5-7-17(15-25)22-24-23-21(30-22)16-6-4-8-19(14-16)28-2/h4,6,8-12,14,17H,3,5,7,13,15H2,1-2H3/t17-/m1/s1. The van der Waals surface area contributed by atoms with Gasteiger partial charge in [0.15, 0.2) is 0 Å². The average Bonchev–Trinajstić information content (AvgIpc) is 3.30. The topological polar surface area (TPSA) is 94.8 Å². The van der Waals surface area contributed by atoms with Crippen LogP contribution >= 0.6 is 0 Å². The maximum atomic E-state index is 13.1. The lowest BCUT2D eigenvalue weighted by Gasteiger charge is -2.30. The van der Waals surface area contributed by atoms with Crippen LogP contribution in [-0.4, -0.2) is 49.7 Å². The zero-order chi connectivity index (χ0) is 21.8. The van der Waals surface area contributed by atoms with Crippen molar-refractivity contribution in [3.05, 3.63) is 54.4 Å². The fraction of sp³-hybridized carbons (Fsp3) is 0.364. The monoisotopic (exact) mass is 443 g/mol. The van der Waals surface area contributed by atoms with Crippen molar-refractivity contribution in [1.29, 1.82) is 0 Å². The number of piperidine rings is 1. The number of hydrogen-bond acceptors (Lipinski definition) is 7. The largest absolute Gasteiger partial charge is 0.497 e. The summed E-state index contributed by atoms with van der Waals surface area (Å²) in [5.74, 6) is 2.03. The molecule has 3 aromatic rings. The third-order valence-corrected chi connectivity index (χ3v) is 7.14. The fourth-order valence-corrected chi connectivity index (χ4v) is 5.18. The summed E-state index contributed by atoms with van der Waals surface area (Å²) in [5.41, 5.74) is 0.757. The van der Waals surface area contributed by atoms with E-state index < -0.39 is 10.0 Å². The van der Waals surface area contributed by atoms with Gasteiger partial charge in [-0.2, -0.15) is 4.31 Å². The highest BCUT2D eigenvalue weighted by molar-refractivity contribution is 7.89. The van der Waals surface area contributed by atoms with Crippen molar-refractivity contribution in [2.45, 2.75) is 30.6 Å². The molecule has 0 radical (unpaired) electrons. The predicted molar refractivity (Wildman–Crippen MR) is 115 cm³/mol. The van der Waals surface area contributed by atoms with Crippen molar-refractivity contribution in [2.75, 3.05) is 26.8 Å². The maximum absolute atomic E-state index is 13.1. The molecule has 164 valence electrons. The van der Waals surface area contributed by atoms with E-state index in [2.05, 4.69) is 10.2 Å². The van der Waals surface area contributed by atoms with E-state index >= 15 is 0 Å². The van der Waals surface area contributed by atoms with Crippen LogP contribution in [-0.2, 0) is 10.0 Å². The molecule has 1 aromatic heterocycles. The zero-order valence-electron chi connectivity index (χ0n) is 17.5. The van der Waals surface area contributed by atoms with Gasteiger partial charge in [-0.3, -0.25) is 0 Å². The fourth-order valence-electron chi connectivity index (χ4n) is 3.66. The minimum absolute atomic E-state index is 0.155. The van der Waals surface area contributed by atoms with Gasteiger partial charge in [0.25, 0.3) is 0 Å². The lowest BCUT2D eigenvalue weighted by Crippen LogP contribution is -2.39. The van der Waals surface area contributed by atoms with Crippen molar-refractivity contribution >= 4 is 10.0 Å². The van der Waals surface area contributed by atoms with E-state index in [-0.39, 0.29) is 10.8 Å². The minimum atomic E-state index is -3.62. The Labute approximate surface area is 181 Å². The SMILES string of the molecule is CCOc1ccc(S(=O)(=O)N2CCC[C@@H](c3nnc(-c4cccc(OC)c4)o3)C2)cc1. The number of sulfonamides is 1. The predicted octanol–water partition coefficient (Wildman–Crippen LogP) is 3.71. The molecule has 1 aliphatic heterocycles. The van der Waals surface area contributed by atoms with Crippen molar-refractivity contribution in [3.63, 3.8) is 0 Å². The lowest BCUT2D eigenvalue weighted by atomic mass is 10.00. The van der Waals surface area contributed by atoms with Crippen LogP contribution in [0.5, 0.6) is 11.5 Å². The molecule has 0 unspecified atom stereocenters. The van der Waals surface area contributed by atoms with Gasteiger partial charge in [0.2, 0.25) is 21.8 Å². The highest BCUT2D eigenvalue weighted by Gasteiger charge is 2.33. The van der Waals surface area contributed by atoms with Gasteiger partial charge in [0.1, 0.15) is 11.5 Å². The summed E-state index contributed by atoms with van der Waals surface area (Å²) in [7, 11) is -2.02. The third-order valence-electron chi connectivity index (χ3n) is 5.26. The first kappa shape index (κ1) is 21.3. The summed E-state index contributed by atoms with van der Waals surface area (Å²) >= 11 is 0. The van der Waals surface area contributed by atoms with Crippen LogP contribution < -0.4 is 9.47 Å². The molecule has 0 amide bonds. The summed E-state index contributed by atoms with van der Waals surface area (Å²) in [6.45, 7) is 3.18. The molecule has 9 heteroatoms. The third kappa shape index (κ3) is 4.57. The highest BCUT2D eigenvalue weighted by atomic mass is 32.2. The molecule has 1 aliphatic rings. The normalized spacial score (nSPS) is 17.4. The number of ether oxygens (including phenoxy) is 2. The van der Waals surface area contributed by atoms with Crippen LogP contribution in [0.25, 0.3) is 11.5 Å². The van der Waals surface area contributed by atoms with Crippen molar-refractivity contribution < 1.29 is 22.3 Å². The van der Waals surface area contributed by atoms with Crippen LogP contribution in [0.4, 0.5) is 0 Å². The molecule has 1 saturated heterocycles. The summed E-state index contributed by atoms with van der Waals surface area (Å²) < 4.78 is 44.3. The number of hydrogen-bond donors (Lipinski definition) is 0. The minimum Gasteiger partial charge on any atom is -0.497 e. The zero-order valence-corrected chi connectivity index (χ0v) is 18.3. The Morgan fingerprint density at radius 3 is 2.68 bits per heavy atom. The van der Waals surface area contributed by atoms with Crippen LogP contribution in [0.15, 0.2) is 57.8 Å². The Hall–Kier alpha value is -2.91. The average molecular weight is 444 g/mol. The Bertz CT molecular complexity index is 1130. The van der Waals surface area contributed by atoms with Crippen molar-refractivity contribution in [2.24, 2.45) is 0 Å². The first-order valence-electron chi connectivity index (χ1n) is 10.2. The molecule has 1 fully saturated rings. The van der Waals surface area contributed by atoms with E-state index in [4.69, 9.17) is 13.9 Å².